The van der Waals surface area contributed by atoms with Crippen LogP contribution in [0.2, 0.25) is 0 Å². The Morgan fingerprint density at radius 3 is 2.47 bits per heavy atom. The molecule has 1 N–H and O–H groups in total. The minimum Gasteiger partial charge on any atom is -0.380 e. The van der Waals surface area contributed by atoms with Crippen molar-refractivity contribution in [1.29, 1.82) is 0 Å². The summed E-state index contributed by atoms with van der Waals surface area (Å²) in [5.74, 6) is 5.07. The number of hydrogen-bond donors (Lipinski definition) is 1. The summed E-state index contributed by atoms with van der Waals surface area (Å²) in [7, 11) is 0. The predicted molar refractivity (Wildman–Crippen MR) is 62.5 cm³/mol. The smallest absolute Gasteiger partial charge is 0.205 e. The maximum absolute atomic E-state index is 11.2. The van der Waals surface area contributed by atoms with Gasteiger partial charge in [0.05, 0.1) is 0 Å². The maximum Gasteiger partial charge on any atom is 0.205 e. The van der Waals surface area contributed by atoms with Crippen molar-refractivity contribution in [2.75, 3.05) is 0 Å². The van der Waals surface area contributed by atoms with Crippen molar-refractivity contribution >= 4 is 5.78 Å². The average molecular weight is 210 g/mol. The molecule has 0 aliphatic carbocycles. The molecule has 0 heterocycles. The van der Waals surface area contributed by atoms with Gasteiger partial charge in [0.25, 0.3) is 0 Å². The molecule has 2 heteroatoms. The van der Waals surface area contributed by atoms with Crippen LogP contribution in [0.5, 0.6) is 0 Å². The molecule has 86 valence electrons. The van der Waals surface area contributed by atoms with Gasteiger partial charge in [0, 0.05) is 6.42 Å². The van der Waals surface area contributed by atoms with E-state index in [1.54, 1.807) is 0 Å². The molecule has 1 atom stereocenters. The topological polar surface area (TPSA) is 37.3 Å². The zero-order valence-corrected chi connectivity index (χ0v) is 9.88. The first kappa shape index (κ1) is 14.2. The molecule has 0 radical (unpaired) electrons. The van der Waals surface area contributed by atoms with Gasteiger partial charge in [-0.15, -0.1) is 0 Å². The number of hydrogen-bond acceptors (Lipinski definition) is 2. The molecule has 0 rings (SSSR count). The molecule has 0 spiro atoms. The third kappa shape index (κ3) is 9.49. The van der Waals surface area contributed by atoms with Crippen LogP contribution >= 0.6 is 0 Å². The first-order valence-corrected chi connectivity index (χ1v) is 5.93. The molecule has 0 saturated heterocycles. The predicted octanol–water partition coefficient (Wildman–Crippen LogP) is 2.69. The lowest BCUT2D eigenvalue weighted by atomic mass is 10.1. The Hall–Kier alpha value is -0.810. The van der Waals surface area contributed by atoms with Gasteiger partial charge in [-0.05, 0) is 18.8 Å². The Morgan fingerprint density at radius 1 is 1.20 bits per heavy atom. The number of rotatable bonds is 7. The maximum atomic E-state index is 11.2. The Labute approximate surface area is 93.1 Å². The molecule has 0 fully saturated rings. The lowest BCUT2D eigenvalue weighted by Gasteiger charge is -1.99. The molecule has 2 nitrogen and oxygen atoms in total. The molecule has 0 aromatic heterocycles. The second-order valence-electron chi connectivity index (χ2n) is 3.81. The van der Waals surface area contributed by atoms with E-state index in [-0.39, 0.29) is 5.78 Å². The normalized spacial score (nSPS) is 11.7. The fourth-order valence-corrected chi connectivity index (χ4v) is 1.23. The highest BCUT2D eigenvalue weighted by atomic mass is 16.3. The van der Waals surface area contributed by atoms with Crippen LogP contribution < -0.4 is 0 Å². The lowest BCUT2D eigenvalue weighted by Crippen LogP contribution is -2.03. The van der Waals surface area contributed by atoms with E-state index >= 15 is 0 Å². The van der Waals surface area contributed by atoms with E-state index < -0.39 is 6.10 Å². The van der Waals surface area contributed by atoms with Gasteiger partial charge >= 0.3 is 0 Å². The monoisotopic (exact) mass is 210 g/mol. The van der Waals surface area contributed by atoms with Crippen molar-refractivity contribution < 1.29 is 9.90 Å². The van der Waals surface area contributed by atoms with E-state index in [9.17, 15) is 9.90 Å². The third-order valence-electron chi connectivity index (χ3n) is 2.22. The van der Waals surface area contributed by atoms with Crippen molar-refractivity contribution in [3.05, 3.63) is 0 Å². The van der Waals surface area contributed by atoms with Crippen LogP contribution in [0.25, 0.3) is 0 Å². The molecule has 0 bridgehead atoms. The zero-order chi connectivity index (χ0) is 11.5. The summed E-state index contributed by atoms with van der Waals surface area (Å²) in [6.45, 7) is 4.17. The lowest BCUT2D eigenvalue weighted by molar-refractivity contribution is -0.113. The summed E-state index contributed by atoms with van der Waals surface area (Å²) in [5.41, 5.74) is 0. The van der Waals surface area contributed by atoms with Crippen molar-refractivity contribution in [3.8, 4) is 11.8 Å². The summed E-state index contributed by atoms with van der Waals surface area (Å²) in [6.07, 6.45) is 5.68. The van der Waals surface area contributed by atoms with Crippen molar-refractivity contribution in [2.45, 2.75) is 64.9 Å². The van der Waals surface area contributed by atoms with Gasteiger partial charge in [0.15, 0.2) is 0 Å². The average Bonchev–Trinajstić information content (AvgIpc) is 2.24. The first-order chi connectivity index (χ1) is 7.20. The van der Waals surface area contributed by atoms with Crippen molar-refractivity contribution in [2.24, 2.45) is 0 Å². The third-order valence-corrected chi connectivity index (χ3v) is 2.22. The summed E-state index contributed by atoms with van der Waals surface area (Å²) >= 11 is 0. The number of Topliss-reactive ketones (excluding diaryl/α,β-unsaturated/α-hetero) is 1. The number of carbonyl (C=O) groups excluding carboxylic acids is 1. The van der Waals surface area contributed by atoms with E-state index in [4.69, 9.17) is 0 Å². The fourth-order valence-electron chi connectivity index (χ4n) is 1.23. The zero-order valence-electron chi connectivity index (χ0n) is 9.88. The molecule has 0 aromatic rings. The summed E-state index contributed by atoms with van der Waals surface area (Å²) in [5, 5.41) is 9.37. The van der Waals surface area contributed by atoms with Crippen molar-refractivity contribution in [3.63, 3.8) is 0 Å². The van der Waals surface area contributed by atoms with Crippen LogP contribution in [0.15, 0.2) is 0 Å². The van der Waals surface area contributed by atoms with Crippen LogP contribution in [0.1, 0.15) is 58.8 Å². The molecular weight excluding hydrogens is 188 g/mol. The van der Waals surface area contributed by atoms with E-state index in [0.717, 1.165) is 32.1 Å². The van der Waals surface area contributed by atoms with Gasteiger partial charge in [0.1, 0.15) is 6.10 Å². The molecule has 0 aliphatic heterocycles. The number of unbranched alkanes of at least 4 members (excludes halogenated alkanes) is 3. The van der Waals surface area contributed by atoms with Crippen LogP contribution in [0, 0.1) is 11.8 Å². The Kier molecular flexibility index (Phi) is 9.21. The SMILES string of the molecule is CCCCCC(=O)C#CC(O)CCCC. The molecule has 0 aromatic carbocycles. The highest BCUT2D eigenvalue weighted by Crippen LogP contribution is 2.00. The number of aliphatic hydroxyl groups excluding tert-OH is 1. The molecule has 15 heavy (non-hydrogen) atoms. The standard InChI is InChI=1S/C13H22O2/c1-3-5-7-9-13(15)11-10-12(14)8-6-4-2/h12,14H,3-9H2,1-2H3. The summed E-state index contributed by atoms with van der Waals surface area (Å²) < 4.78 is 0. The molecule has 0 amide bonds. The first-order valence-electron chi connectivity index (χ1n) is 5.93. The minimum absolute atomic E-state index is 0.0426. The van der Waals surface area contributed by atoms with Crippen LogP contribution in [-0.2, 0) is 4.79 Å². The second kappa shape index (κ2) is 9.73. The van der Waals surface area contributed by atoms with Gasteiger partial charge in [-0.2, -0.15) is 0 Å². The number of ketones is 1. The van der Waals surface area contributed by atoms with E-state index in [0.29, 0.717) is 12.8 Å². The van der Waals surface area contributed by atoms with Crippen LogP contribution in [0.4, 0.5) is 0 Å². The quantitative estimate of drug-likeness (QED) is 0.398. The van der Waals surface area contributed by atoms with E-state index in [1.807, 2.05) is 0 Å². The largest absolute Gasteiger partial charge is 0.380 e. The second-order valence-corrected chi connectivity index (χ2v) is 3.81. The van der Waals surface area contributed by atoms with E-state index in [2.05, 4.69) is 25.7 Å². The van der Waals surface area contributed by atoms with Gasteiger partial charge in [0.2, 0.25) is 5.78 Å². The Morgan fingerprint density at radius 2 is 1.87 bits per heavy atom. The molecule has 1 unspecified atom stereocenters. The summed E-state index contributed by atoms with van der Waals surface area (Å²) in [6, 6.07) is 0. The molecule has 0 saturated carbocycles. The van der Waals surface area contributed by atoms with Crippen molar-refractivity contribution in [1.82, 2.24) is 0 Å². The molecule has 0 aliphatic rings. The number of aliphatic hydroxyl groups is 1. The van der Waals surface area contributed by atoms with Crippen LogP contribution in [0.3, 0.4) is 0 Å². The summed E-state index contributed by atoms with van der Waals surface area (Å²) in [4.78, 5) is 11.2. The Balaban J connectivity index is 3.68. The highest BCUT2D eigenvalue weighted by molar-refractivity contribution is 5.95. The van der Waals surface area contributed by atoms with Gasteiger partial charge in [-0.25, -0.2) is 0 Å². The minimum atomic E-state index is -0.625. The Bertz CT molecular complexity index is 222. The van der Waals surface area contributed by atoms with Gasteiger partial charge in [-0.1, -0.05) is 45.5 Å². The fraction of sp³-hybridized carbons (Fsp3) is 0.769. The highest BCUT2D eigenvalue weighted by Gasteiger charge is 1.99. The molecular formula is C13H22O2. The van der Waals surface area contributed by atoms with Gasteiger partial charge < -0.3 is 5.11 Å². The number of carbonyl (C=O) groups is 1. The van der Waals surface area contributed by atoms with Crippen LogP contribution in [-0.4, -0.2) is 17.0 Å². The van der Waals surface area contributed by atoms with E-state index in [1.165, 1.54) is 0 Å². The van der Waals surface area contributed by atoms with Gasteiger partial charge in [-0.3, -0.25) is 4.79 Å².